The number of benzene rings is 2. The van der Waals surface area contributed by atoms with Gasteiger partial charge >= 0.3 is 6.09 Å². The maximum atomic E-state index is 12.6. The van der Waals surface area contributed by atoms with E-state index in [0.717, 1.165) is 61.5 Å². The van der Waals surface area contributed by atoms with Crippen LogP contribution in [0.25, 0.3) is 4.85 Å². The van der Waals surface area contributed by atoms with Crippen molar-refractivity contribution in [2.45, 2.75) is 38.4 Å². The molecule has 3 aromatic rings. The number of aryl methyl sites for hydroxylation is 1. The third-order valence-electron chi connectivity index (χ3n) is 6.77. The lowest BCUT2D eigenvalue weighted by atomic mass is 9.86. The highest BCUT2D eigenvalue weighted by Gasteiger charge is 2.49. The number of cyclic esters (lactones) is 1. The standard InChI is InChI=1S/C26H27N5O2/c1-20-4-3-5-23(14-20)31-25(32)33-18-26(31)10-12-29(13-11-26)17-24-15-28-19-30(24)16-21-6-8-22(27-2)9-7-21/h3-9,14-15,19H,10-13,16-18H2,1H3. The molecule has 5 rings (SSSR count). The third kappa shape index (κ3) is 4.22. The molecule has 0 N–H and O–H groups in total. The van der Waals surface area contributed by atoms with Crippen LogP contribution >= 0.6 is 0 Å². The number of likely N-dealkylation sites (tertiary alicyclic amines) is 1. The van der Waals surface area contributed by atoms with E-state index in [2.05, 4.69) is 25.4 Å². The van der Waals surface area contributed by atoms with Crippen molar-refractivity contribution < 1.29 is 9.53 Å². The molecule has 0 saturated carbocycles. The fourth-order valence-electron chi connectivity index (χ4n) is 4.88. The Morgan fingerprint density at radius 3 is 2.64 bits per heavy atom. The molecule has 7 nitrogen and oxygen atoms in total. The van der Waals surface area contributed by atoms with Crippen molar-refractivity contribution in [2.24, 2.45) is 0 Å². The van der Waals surface area contributed by atoms with Crippen LogP contribution in [0.2, 0.25) is 0 Å². The minimum Gasteiger partial charge on any atom is -0.447 e. The highest BCUT2D eigenvalue weighted by atomic mass is 16.6. The van der Waals surface area contributed by atoms with E-state index in [1.807, 2.05) is 66.8 Å². The molecule has 2 aromatic carbocycles. The van der Waals surface area contributed by atoms with Crippen LogP contribution in [-0.4, -0.2) is 45.8 Å². The predicted molar refractivity (Wildman–Crippen MR) is 126 cm³/mol. The summed E-state index contributed by atoms with van der Waals surface area (Å²) in [7, 11) is 0. The van der Waals surface area contributed by atoms with Crippen LogP contribution in [0.5, 0.6) is 0 Å². The number of nitrogens with zero attached hydrogens (tertiary/aromatic N) is 5. The quantitative estimate of drug-likeness (QED) is 0.535. The van der Waals surface area contributed by atoms with Crippen LogP contribution in [0.1, 0.15) is 29.7 Å². The van der Waals surface area contributed by atoms with Crippen LogP contribution in [-0.2, 0) is 17.8 Å². The van der Waals surface area contributed by atoms with Gasteiger partial charge in [-0.15, -0.1) is 0 Å². The summed E-state index contributed by atoms with van der Waals surface area (Å²) in [5.41, 5.74) is 4.75. The number of anilines is 1. The Kier molecular flexibility index (Phi) is 5.61. The van der Waals surface area contributed by atoms with Gasteiger partial charge in [-0.05, 0) is 43.0 Å². The largest absolute Gasteiger partial charge is 0.447 e. The Morgan fingerprint density at radius 1 is 1.12 bits per heavy atom. The molecular formula is C26H27N5O2. The second-order valence-electron chi connectivity index (χ2n) is 9.02. The molecular weight excluding hydrogens is 414 g/mol. The second-order valence-corrected chi connectivity index (χ2v) is 9.02. The lowest BCUT2D eigenvalue weighted by Gasteiger charge is -2.42. The number of rotatable bonds is 5. The maximum Gasteiger partial charge on any atom is 0.415 e. The number of aromatic nitrogens is 2. The molecule has 3 heterocycles. The van der Waals surface area contributed by atoms with Gasteiger partial charge in [-0.25, -0.2) is 14.6 Å². The minimum atomic E-state index is -0.272. The van der Waals surface area contributed by atoms with Crippen LogP contribution in [0, 0.1) is 13.5 Å². The summed E-state index contributed by atoms with van der Waals surface area (Å²) >= 11 is 0. The molecule has 2 aliphatic heterocycles. The normalized spacial score (nSPS) is 17.8. The summed E-state index contributed by atoms with van der Waals surface area (Å²) < 4.78 is 7.70. The van der Waals surface area contributed by atoms with E-state index < -0.39 is 0 Å². The number of carbonyl (C=O) groups is 1. The van der Waals surface area contributed by atoms with Gasteiger partial charge in [0.15, 0.2) is 5.69 Å². The summed E-state index contributed by atoms with van der Waals surface area (Å²) in [6, 6.07) is 15.8. The van der Waals surface area contributed by atoms with E-state index in [1.54, 1.807) is 0 Å². The van der Waals surface area contributed by atoms with Gasteiger partial charge in [0.2, 0.25) is 0 Å². The summed E-state index contributed by atoms with van der Waals surface area (Å²) in [5, 5.41) is 0. The first kappa shape index (κ1) is 21.2. The molecule has 1 spiro atoms. The number of carbonyl (C=O) groups excluding carboxylic acids is 1. The molecule has 0 aliphatic carbocycles. The molecule has 33 heavy (non-hydrogen) atoms. The van der Waals surface area contributed by atoms with Gasteiger partial charge in [0.1, 0.15) is 6.61 Å². The van der Waals surface area contributed by atoms with Gasteiger partial charge in [0.05, 0.1) is 24.1 Å². The smallest absolute Gasteiger partial charge is 0.415 e. The van der Waals surface area contributed by atoms with E-state index in [4.69, 9.17) is 11.3 Å². The SMILES string of the molecule is [C-]#[N+]c1ccc(Cn2cncc2CN2CCC3(CC2)COC(=O)N3c2cccc(C)c2)cc1. The van der Waals surface area contributed by atoms with Gasteiger partial charge in [0, 0.05) is 38.1 Å². The molecule has 0 unspecified atom stereocenters. The van der Waals surface area contributed by atoms with Gasteiger partial charge in [-0.1, -0.05) is 36.4 Å². The zero-order valence-electron chi connectivity index (χ0n) is 18.8. The van der Waals surface area contributed by atoms with E-state index in [-0.39, 0.29) is 11.6 Å². The molecule has 0 atom stereocenters. The monoisotopic (exact) mass is 441 g/mol. The third-order valence-corrected chi connectivity index (χ3v) is 6.77. The van der Waals surface area contributed by atoms with Crippen molar-refractivity contribution in [1.29, 1.82) is 0 Å². The number of ether oxygens (including phenoxy) is 1. The highest BCUT2D eigenvalue weighted by molar-refractivity contribution is 5.91. The Labute approximate surface area is 194 Å². The summed E-state index contributed by atoms with van der Waals surface area (Å²) in [6.45, 7) is 12.9. The number of piperidine rings is 1. The molecule has 2 fully saturated rings. The van der Waals surface area contributed by atoms with Gasteiger partial charge < -0.3 is 9.30 Å². The number of hydrogen-bond donors (Lipinski definition) is 0. The number of imidazole rings is 1. The van der Waals surface area contributed by atoms with E-state index in [0.29, 0.717) is 12.3 Å². The van der Waals surface area contributed by atoms with Crippen molar-refractivity contribution in [3.05, 3.63) is 89.3 Å². The van der Waals surface area contributed by atoms with Crippen LogP contribution in [0.15, 0.2) is 61.1 Å². The first-order chi connectivity index (χ1) is 16.1. The lowest BCUT2D eigenvalue weighted by molar-refractivity contribution is 0.128. The Balaban J connectivity index is 1.25. The molecule has 0 bridgehead atoms. The van der Waals surface area contributed by atoms with Crippen molar-refractivity contribution >= 4 is 17.5 Å². The zero-order valence-corrected chi connectivity index (χ0v) is 18.8. The van der Waals surface area contributed by atoms with Gasteiger partial charge in [0.25, 0.3) is 0 Å². The van der Waals surface area contributed by atoms with Crippen molar-refractivity contribution in [3.8, 4) is 0 Å². The summed E-state index contributed by atoms with van der Waals surface area (Å²) in [4.78, 5) is 24.8. The van der Waals surface area contributed by atoms with E-state index in [9.17, 15) is 4.79 Å². The molecule has 2 aliphatic rings. The summed E-state index contributed by atoms with van der Waals surface area (Å²) in [5.74, 6) is 0. The Morgan fingerprint density at radius 2 is 1.91 bits per heavy atom. The molecule has 1 amide bonds. The summed E-state index contributed by atoms with van der Waals surface area (Å²) in [6.07, 6.45) is 5.31. The van der Waals surface area contributed by atoms with Crippen molar-refractivity contribution in [3.63, 3.8) is 0 Å². The maximum absolute atomic E-state index is 12.6. The van der Waals surface area contributed by atoms with Crippen LogP contribution in [0.4, 0.5) is 16.2 Å². The Bertz CT molecular complexity index is 1190. The number of amides is 1. The van der Waals surface area contributed by atoms with Crippen LogP contribution < -0.4 is 4.90 Å². The van der Waals surface area contributed by atoms with Crippen molar-refractivity contribution in [2.75, 3.05) is 24.6 Å². The molecule has 168 valence electrons. The zero-order chi connectivity index (χ0) is 22.8. The number of hydrogen-bond acceptors (Lipinski definition) is 4. The molecule has 0 radical (unpaired) electrons. The van der Waals surface area contributed by atoms with Crippen molar-refractivity contribution in [1.82, 2.24) is 14.5 Å². The van der Waals surface area contributed by atoms with E-state index in [1.165, 1.54) is 0 Å². The topological polar surface area (TPSA) is 55.0 Å². The average Bonchev–Trinajstić information content (AvgIpc) is 3.39. The lowest BCUT2D eigenvalue weighted by Crippen LogP contribution is -2.54. The Hall–Kier alpha value is -3.63. The average molecular weight is 442 g/mol. The van der Waals surface area contributed by atoms with E-state index >= 15 is 0 Å². The molecule has 7 heteroatoms. The first-order valence-electron chi connectivity index (χ1n) is 11.3. The first-order valence-corrected chi connectivity index (χ1v) is 11.3. The molecule has 1 aromatic heterocycles. The predicted octanol–water partition coefficient (Wildman–Crippen LogP) is 4.78. The molecule has 2 saturated heterocycles. The highest BCUT2D eigenvalue weighted by Crippen LogP contribution is 2.38. The second kappa shape index (κ2) is 8.72. The van der Waals surface area contributed by atoms with Gasteiger partial charge in [-0.3, -0.25) is 9.80 Å². The van der Waals surface area contributed by atoms with Gasteiger partial charge in [-0.2, -0.15) is 0 Å². The fraction of sp³-hybridized carbons (Fsp3) is 0.346. The minimum absolute atomic E-state index is 0.239. The fourth-order valence-corrected chi connectivity index (χ4v) is 4.88. The van der Waals surface area contributed by atoms with Crippen LogP contribution in [0.3, 0.4) is 0 Å².